The van der Waals surface area contributed by atoms with Crippen molar-refractivity contribution in [1.29, 1.82) is 0 Å². The van der Waals surface area contributed by atoms with E-state index in [2.05, 4.69) is 50.3 Å². The van der Waals surface area contributed by atoms with E-state index in [1.807, 2.05) is 13.2 Å². The monoisotopic (exact) mass is 298 g/mol. The van der Waals surface area contributed by atoms with Gasteiger partial charge in [0, 0.05) is 0 Å². The zero-order chi connectivity index (χ0) is 12.5. The van der Waals surface area contributed by atoms with Crippen LogP contribution in [0, 0.1) is 5.92 Å². The van der Waals surface area contributed by atoms with E-state index in [9.17, 15) is 0 Å². The van der Waals surface area contributed by atoms with Crippen LogP contribution in [0.5, 0.6) is 0 Å². The van der Waals surface area contributed by atoms with Gasteiger partial charge in [-0.3, -0.25) is 0 Å². The van der Waals surface area contributed by atoms with Crippen LogP contribution < -0.4 is 4.46 Å². The average molecular weight is 297 g/mol. The zero-order valence-corrected chi connectivity index (χ0v) is 12.6. The van der Waals surface area contributed by atoms with Gasteiger partial charge in [-0.25, -0.2) is 0 Å². The molecule has 0 aromatic heterocycles. The van der Waals surface area contributed by atoms with Gasteiger partial charge in [-0.05, 0) is 0 Å². The van der Waals surface area contributed by atoms with Crippen molar-refractivity contribution in [3.63, 3.8) is 0 Å². The molecule has 1 rings (SSSR count). The summed E-state index contributed by atoms with van der Waals surface area (Å²) in [5, 5.41) is 0. The van der Waals surface area contributed by atoms with Crippen molar-refractivity contribution >= 4 is 19.4 Å². The SMILES string of the molecule is CCO/C=C/C(CC(C)C)[Se]c1ccccc1. The fourth-order valence-corrected chi connectivity index (χ4v) is 4.25. The molecule has 0 bridgehead atoms. The van der Waals surface area contributed by atoms with Crippen molar-refractivity contribution < 1.29 is 4.74 Å². The normalized spacial score (nSPS) is 13.2. The molecule has 94 valence electrons. The first-order chi connectivity index (χ1) is 8.22. The van der Waals surface area contributed by atoms with E-state index in [0.29, 0.717) is 19.8 Å². The van der Waals surface area contributed by atoms with Crippen LogP contribution in [0.1, 0.15) is 27.2 Å². The number of ether oxygens (including phenoxy) is 1. The van der Waals surface area contributed by atoms with Gasteiger partial charge in [0.25, 0.3) is 0 Å². The molecule has 1 atom stereocenters. The van der Waals surface area contributed by atoms with E-state index in [1.54, 1.807) is 0 Å². The Morgan fingerprint density at radius 3 is 2.53 bits per heavy atom. The molecule has 0 saturated heterocycles. The van der Waals surface area contributed by atoms with Gasteiger partial charge in [0.2, 0.25) is 0 Å². The summed E-state index contributed by atoms with van der Waals surface area (Å²) in [6.07, 6.45) is 5.34. The van der Waals surface area contributed by atoms with Crippen LogP contribution >= 0.6 is 0 Å². The molecule has 0 fully saturated rings. The zero-order valence-electron chi connectivity index (χ0n) is 10.9. The molecule has 1 aromatic carbocycles. The second-order valence-corrected chi connectivity index (χ2v) is 7.14. The van der Waals surface area contributed by atoms with Gasteiger partial charge in [-0.2, -0.15) is 0 Å². The molecular weight excluding hydrogens is 275 g/mol. The molecule has 2 heteroatoms. The predicted molar refractivity (Wildman–Crippen MR) is 75.8 cm³/mol. The summed E-state index contributed by atoms with van der Waals surface area (Å²) < 4.78 is 6.78. The van der Waals surface area contributed by atoms with Crippen LogP contribution in [-0.2, 0) is 4.74 Å². The van der Waals surface area contributed by atoms with Crippen LogP contribution in [0.15, 0.2) is 42.7 Å². The maximum atomic E-state index is 5.31. The van der Waals surface area contributed by atoms with Gasteiger partial charge >= 0.3 is 111 Å². The minimum absolute atomic E-state index is 0.499. The molecule has 17 heavy (non-hydrogen) atoms. The summed E-state index contributed by atoms with van der Waals surface area (Å²) in [6, 6.07) is 10.8. The first-order valence-corrected chi connectivity index (χ1v) is 8.07. The van der Waals surface area contributed by atoms with E-state index in [-0.39, 0.29) is 0 Å². The van der Waals surface area contributed by atoms with Crippen molar-refractivity contribution in [2.75, 3.05) is 6.61 Å². The number of allylic oxidation sites excluding steroid dienone is 1. The summed E-state index contributed by atoms with van der Waals surface area (Å²) in [7, 11) is 0. The van der Waals surface area contributed by atoms with Gasteiger partial charge in [0.05, 0.1) is 0 Å². The number of hydrogen-bond acceptors (Lipinski definition) is 1. The number of benzene rings is 1. The molecule has 0 aliphatic rings. The van der Waals surface area contributed by atoms with Crippen LogP contribution in [0.3, 0.4) is 0 Å². The Kier molecular flexibility index (Phi) is 7.07. The Morgan fingerprint density at radius 1 is 1.24 bits per heavy atom. The molecule has 1 nitrogen and oxygen atoms in total. The Morgan fingerprint density at radius 2 is 1.94 bits per heavy atom. The van der Waals surface area contributed by atoms with Crippen molar-refractivity contribution in [3.05, 3.63) is 42.7 Å². The fraction of sp³-hybridized carbons (Fsp3) is 0.467. The second-order valence-electron chi connectivity index (χ2n) is 4.38. The molecule has 0 spiro atoms. The van der Waals surface area contributed by atoms with Crippen molar-refractivity contribution in [2.45, 2.75) is 32.0 Å². The fourth-order valence-electron chi connectivity index (χ4n) is 1.54. The van der Waals surface area contributed by atoms with Gasteiger partial charge in [0.1, 0.15) is 0 Å². The van der Waals surface area contributed by atoms with E-state index < -0.39 is 0 Å². The third-order valence-corrected chi connectivity index (χ3v) is 4.80. The molecule has 0 amide bonds. The van der Waals surface area contributed by atoms with Crippen LogP contribution in [-0.4, -0.2) is 21.6 Å². The topological polar surface area (TPSA) is 9.23 Å². The first kappa shape index (κ1) is 14.3. The molecule has 0 N–H and O–H groups in total. The molecule has 0 radical (unpaired) electrons. The molecule has 0 aliphatic heterocycles. The number of hydrogen-bond donors (Lipinski definition) is 0. The van der Waals surface area contributed by atoms with Crippen molar-refractivity contribution in [1.82, 2.24) is 0 Å². The Balaban J connectivity index is 2.57. The van der Waals surface area contributed by atoms with Crippen LogP contribution in [0.25, 0.3) is 0 Å². The third-order valence-electron chi connectivity index (χ3n) is 2.29. The molecule has 0 aliphatic carbocycles. The summed E-state index contributed by atoms with van der Waals surface area (Å²) in [6.45, 7) is 7.33. The van der Waals surface area contributed by atoms with Crippen LogP contribution in [0.4, 0.5) is 0 Å². The molecule has 1 unspecified atom stereocenters. The molecular formula is C15H22OSe. The van der Waals surface area contributed by atoms with E-state index in [0.717, 1.165) is 12.5 Å². The van der Waals surface area contributed by atoms with Gasteiger partial charge < -0.3 is 0 Å². The molecule has 0 heterocycles. The summed E-state index contributed by atoms with van der Waals surface area (Å²) in [5.74, 6) is 0.733. The van der Waals surface area contributed by atoms with Crippen LogP contribution in [0.2, 0.25) is 4.82 Å². The van der Waals surface area contributed by atoms with Crippen molar-refractivity contribution in [3.8, 4) is 0 Å². The average Bonchev–Trinajstić information content (AvgIpc) is 2.30. The van der Waals surface area contributed by atoms with Crippen molar-refractivity contribution in [2.24, 2.45) is 5.92 Å². The van der Waals surface area contributed by atoms with Gasteiger partial charge in [-0.15, -0.1) is 0 Å². The summed E-state index contributed by atoms with van der Waals surface area (Å²) >= 11 is 0.499. The van der Waals surface area contributed by atoms with E-state index >= 15 is 0 Å². The second kappa shape index (κ2) is 8.38. The van der Waals surface area contributed by atoms with E-state index in [4.69, 9.17) is 4.74 Å². The third kappa shape index (κ3) is 6.55. The molecule has 1 aromatic rings. The Bertz CT molecular complexity index is 319. The van der Waals surface area contributed by atoms with Gasteiger partial charge in [0.15, 0.2) is 0 Å². The molecule has 0 saturated carbocycles. The van der Waals surface area contributed by atoms with Gasteiger partial charge in [-0.1, -0.05) is 0 Å². The summed E-state index contributed by atoms with van der Waals surface area (Å²) in [4.78, 5) is 0.636. The Labute approximate surface area is 111 Å². The quantitative estimate of drug-likeness (QED) is 0.553. The first-order valence-electron chi connectivity index (χ1n) is 6.22. The minimum atomic E-state index is 0.499. The Hall–Kier alpha value is -0.721. The number of rotatable bonds is 7. The van der Waals surface area contributed by atoms with E-state index in [1.165, 1.54) is 10.9 Å². The summed E-state index contributed by atoms with van der Waals surface area (Å²) in [5.41, 5.74) is 0. The predicted octanol–water partition coefficient (Wildman–Crippen LogP) is 3.40. The maximum absolute atomic E-state index is 5.31. The standard InChI is InChI=1S/C15H22OSe/c1-4-16-11-10-15(12-13(2)3)17-14-8-6-5-7-9-14/h5-11,13,15H,4,12H2,1-3H3/b11-10+.